The molecular formula is C23H40NO7P. The Hall–Kier alpha value is -1.54. The summed E-state index contributed by atoms with van der Waals surface area (Å²) in [6, 6.07) is 0. The average molecular weight is 474 g/mol. The molecule has 0 heterocycles. The van der Waals surface area contributed by atoms with Gasteiger partial charge in [-0.1, -0.05) is 55.5 Å². The maximum atomic E-state index is 11.7. The predicted molar refractivity (Wildman–Crippen MR) is 127 cm³/mol. The molecule has 0 radical (unpaired) electrons. The molecule has 0 spiro atoms. The van der Waals surface area contributed by atoms with E-state index in [-0.39, 0.29) is 26.2 Å². The Kier molecular flexibility index (Phi) is 20.3. The number of carbonyl (C=O) groups is 1. The molecule has 0 aromatic heterocycles. The first kappa shape index (κ1) is 30.5. The molecule has 4 N–H and O–H groups in total. The maximum Gasteiger partial charge on any atom is 0.472 e. The van der Waals surface area contributed by atoms with Crippen molar-refractivity contribution in [2.24, 2.45) is 5.73 Å². The Balaban J connectivity index is 3.67. The number of esters is 1. The summed E-state index contributed by atoms with van der Waals surface area (Å²) in [4.78, 5) is 21.0. The van der Waals surface area contributed by atoms with Crippen LogP contribution in [0, 0.1) is 0 Å². The lowest BCUT2D eigenvalue weighted by Crippen LogP contribution is -2.23. The van der Waals surface area contributed by atoms with Crippen molar-refractivity contribution in [1.29, 1.82) is 0 Å². The number of ether oxygens (including phenoxy) is 1. The Morgan fingerprint density at radius 1 is 0.938 bits per heavy atom. The maximum absolute atomic E-state index is 11.7. The molecule has 0 aromatic rings. The highest BCUT2D eigenvalue weighted by molar-refractivity contribution is 7.47. The summed E-state index contributed by atoms with van der Waals surface area (Å²) in [5.74, 6) is -0.430. The molecule has 0 saturated carbocycles. The third kappa shape index (κ3) is 21.7. The molecule has 0 rings (SSSR count). The number of hydrogen-bond donors (Lipinski definition) is 3. The highest BCUT2D eigenvalue weighted by Gasteiger charge is 2.22. The summed E-state index contributed by atoms with van der Waals surface area (Å²) in [6.07, 6.45) is 22.5. The summed E-state index contributed by atoms with van der Waals surface area (Å²) in [5.41, 5.74) is 5.16. The van der Waals surface area contributed by atoms with Crippen LogP contribution < -0.4 is 5.73 Å². The van der Waals surface area contributed by atoms with Gasteiger partial charge in [-0.3, -0.25) is 13.8 Å². The summed E-state index contributed by atoms with van der Waals surface area (Å²) >= 11 is 0. The van der Waals surface area contributed by atoms with E-state index < -0.39 is 26.5 Å². The molecule has 0 aliphatic heterocycles. The molecule has 0 saturated heterocycles. The molecule has 0 aliphatic carbocycles. The van der Waals surface area contributed by atoms with Crippen LogP contribution in [0.15, 0.2) is 48.6 Å². The SMILES string of the molecule is CC/C=C\C/C=C\C/C=C\C/C=C\CCCCC(=O)OC[C@@H](O)COP(=O)(O)OCCN. The van der Waals surface area contributed by atoms with E-state index >= 15 is 0 Å². The molecule has 0 bridgehead atoms. The van der Waals surface area contributed by atoms with Crippen molar-refractivity contribution >= 4 is 13.8 Å². The van der Waals surface area contributed by atoms with Gasteiger partial charge in [0.2, 0.25) is 0 Å². The van der Waals surface area contributed by atoms with E-state index in [1.165, 1.54) is 0 Å². The number of hydrogen-bond acceptors (Lipinski definition) is 7. The molecule has 8 nitrogen and oxygen atoms in total. The molecule has 184 valence electrons. The lowest BCUT2D eigenvalue weighted by Gasteiger charge is -2.15. The predicted octanol–water partition coefficient (Wildman–Crippen LogP) is 4.35. The summed E-state index contributed by atoms with van der Waals surface area (Å²) in [5, 5.41) is 9.66. The number of phosphoric ester groups is 1. The van der Waals surface area contributed by atoms with Crippen molar-refractivity contribution in [3.63, 3.8) is 0 Å². The number of rotatable bonds is 20. The second kappa shape index (κ2) is 21.3. The van der Waals surface area contributed by atoms with Crippen LogP contribution in [0.25, 0.3) is 0 Å². The highest BCUT2D eigenvalue weighted by Crippen LogP contribution is 2.42. The fourth-order valence-corrected chi connectivity index (χ4v) is 3.10. The fourth-order valence-electron chi connectivity index (χ4n) is 2.32. The largest absolute Gasteiger partial charge is 0.472 e. The first-order valence-corrected chi connectivity index (χ1v) is 12.7. The Labute approximate surface area is 192 Å². The molecule has 0 aromatic carbocycles. The zero-order chi connectivity index (χ0) is 23.9. The fraction of sp³-hybridized carbons (Fsp3) is 0.609. The standard InChI is InChI=1S/C23H40NO7P/c1-2-3-4-5-6-7-8-9-10-11-12-13-14-15-16-17-23(26)29-20-22(25)21-31-32(27,28)30-19-18-24/h3-4,6-7,9-10,12-13,22,25H,2,5,8,11,14-21,24H2,1H3,(H,27,28)/b4-3-,7-6-,10-9-,13-12-/t22-/m1/s1. The number of phosphoric acid groups is 1. The normalized spacial score (nSPS) is 15.2. The van der Waals surface area contributed by atoms with Gasteiger partial charge in [-0.05, 0) is 44.9 Å². The smallest absolute Gasteiger partial charge is 0.463 e. The summed E-state index contributed by atoms with van der Waals surface area (Å²) in [7, 11) is -4.25. The molecule has 9 heteroatoms. The van der Waals surface area contributed by atoms with Crippen molar-refractivity contribution in [2.75, 3.05) is 26.4 Å². The number of nitrogens with two attached hydrogens (primary N) is 1. The van der Waals surface area contributed by atoms with Crippen LogP contribution >= 0.6 is 7.82 Å². The van der Waals surface area contributed by atoms with Crippen LogP contribution in [0.2, 0.25) is 0 Å². The van der Waals surface area contributed by atoms with Crippen LogP contribution in [0.4, 0.5) is 0 Å². The van der Waals surface area contributed by atoms with E-state index in [0.717, 1.165) is 38.5 Å². The monoisotopic (exact) mass is 473 g/mol. The van der Waals surface area contributed by atoms with Gasteiger partial charge in [0.25, 0.3) is 0 Å². The van der Waals surface area contributed by atoms with Crippen molar-refractivity contribution in [3.05, 3.63) is 48.6 Å². The molecular weight excluding hydrogens is 433 g/mol. The van der Waals surface area contributed by atoms with Crippen molar-refractivity contribution in [2.45, 2.75) is 64.4 Å². The number of allylic oxidation sites excluding steroid dienone is 8. The second-order valence-electron chi connectivity index (χ2n) is 6.97. The molecule has 1 unspecified atom stereocenters. The lowest BCUT2D eigenvalue weighted by molar-refractivity contribution is -0.147. The first-order valence-electron chi connectivity index (χ1n) is 11.2. The van der Waals surface area contributed by atoms with Crippen molar-refractivity contribution in [3.8, 4) is 0 Å². The van der Waals surface area contributed by atoms with Crippen molar-refractivity contribution in [1.82, 2.24) is 0 Å². The third-order valence-electron chi connectivity index (χ3n) is 3.96. The molecule has 2 atom stereocenters. The van der Waals surface area contributed by atoms with Crippen LogP contribution in [0.1, 0.15) is 58.3 Å². The molecule has 0 fully saturated rings. The first-order chi connectivity index (χ1) is 15.4. The lowest BCUT2D eigenvalue weighted by atomic mass is 10.2. The Morgan fingerprint density at radius 2 is 1.53 bits per heavy atom. The van der Waals surface area contributed by atoms with Gasteiger partial charge in [0.15, 0.2) is 0 Å². The van der Waals surface area contributed by atoms with Crippen LogP contribution in [-0.4, -0.2) is 48.4 Å². The van der Waals surface area contributed by atoms with E-state index in [4.69, 9.17) is 10.5 Å². The van der Waals surface area contributed by atoms with E-state index in [1.807, 2.05) is 0 Å². The number of carbonyl (C=O) groups excluding carboxylic acids is 1. The minimum absolute atomic E-state index is 0.0658. The van der Waals surface area contributed by atoms with Gasteiger partial charge >= 0.3 is 13.8 Å². The molecule has 0 amide bonds. The van der Waals surface area contributed by atoms with Gasteiger partial charge in [-0.25, -0.2) is 4.57 Å². The van der Waals surface area contributed by atoms with Gasteiger partial charge in [0, 0.05) is 13.0 Å². The number of aliphatic hydroxyl groups excluding tert-OH is 1. The van der Waals surface area contributed by atoms with Crippen LogP contribution in [0.5, 0.6) is 0 Å². The van der Waals surface area contributed by atoms with Crippen LogP contribution in [0.3, 0.4) is 0 Å². The van der Waals surface area contributed by atoms with Gasteiger partial charge in [-0.2, -0.15) is 0 Å². The Bertz CT molecular complexity index is 632. The third-order valence-corrected chi connectivity index (χ3v) is 4.94. The van der Waals surface area contributed by atoms with Gasteiger partial charge in [0.1, 0.15) is 12.7 Å². The number of unbranched alkanes of at least 4 members (excludes halogenated alkanes) is 2. The highest BCUT2D eigenvalue weighted by atomic mass is 31.2. The zero-order valence-corrected chi connectivity index (χ0v) is 20.0. The quantitative estimate of drug-likeness (QED) is 0.103. The summed E-state index contributed by atoms with van der Waals surface area (Å²) < 4.78 is 25.5. The van der Waals surface area contributed by atoms with E-state index in [2.05, 4.69) is 64.6 Å². The molecule has 32 heavy (non-hydrogen) atoms. The number of aliphatic hydroxyl groups is 1. The van der Waals surface area contributed by atoms with Crippen LogP contribution in [-0.2, 0) is 23.1 Å². The van der Waals surface area contributed by atoms with E-state index in [0.29, 0.717) is 6.42 Å². The second-order valence-corrected chi connectivity index (χ2v) is 8.42. The van der Waals surface area contributed by atoms with Gasteiger partial charge < -0.3 is 20.5 Å². The van der Waals surface area contributed by atoms with Gasteiger partial charge in [0.05, 0.1) is 13.2 Å². The van der Waals surface area contributed by atoms with E-state index in [9.17, 15) is 19.4 Å². The minimum Gasteiger partial charge on any atom is -0.463 e. The average Bonchev–Trinajstić information content (AvgIpc) is 2.77. The molecule has 0 aliphatic rings. The van der Waals surface area contributed by atoms with E-state index in [1.54, 1.807) is 0 Å². The topological polar surface area (TPSA) is 128 Å². The Morgan fingerprint density at radius 3 is 2.12 bits per heavy atom. The zero-order valence-electron chi connectivity index (χ0n) is 19.1. The van der Waals surface area contributed by atoms with Crippen molar-refractivity contribution < 1.29 is 33.1 Å². The summed E-state index contributed by atoms with van der Waals surface area (Å²) in [6.45, 7) is 1.25. The van der Waals surface area contributed by atoms with Gasteiger partial charge in [-0.15, -0.1) is 0 Å². The minimum atomic E-state index is -4.25.